The van der Waals surface area contributed by atoms with E-state index in [1.165, 1.54) is 25.4 Å². The lowest BCUT2D eigenvalue weighted by molar-refractivity contribution is -0.137. The summed E-state index contributed by atoms with van der Waals surface area (Å²) in [6.07, 6.45) is -3.28. The third kappa shape index (κ3) is 2.96. The topological polar surface area (TPSA) is 59.4 Å². The molecule has 1 N–H and O–H groups in total. The number of carboxylic acids is 1. The molecule has 1 aromatic heterocycles. The summed E-state index contributed by atoms with van der Waals surface area (Å²) in [5.41, 5.74) is -1.14. The molecule has 2 aromatic rings. The molecule has 0 radical (unpaired) electrons. The Hall–Kier alpha value is -2.57. The third-order valence-corrected chi connectivity index (χ3v) is 2.83. The number of aromatic carboxylic acids is 1. The zero-order valence-corrected chi connectivity index (χ0v) is 10.8. The number of carboxylic acid groups (broad SMARTS) is 1. The van der Waals surface area contributed by atoms with Crippen LogP contribution < -0.4 is 4.74 Å². The lowest BCUT2D eigenvalue weighted by atomic mass is 10.00. The number of rotatable bonds is 3. The molecule has 1 aromatic carbocycles. The molecule has 110 valence electrons. The molecule has 0 aliphatic rings. The number of halogens is 3. The van der Waals surface area contributed by atoms with E-state index in [0.29, 0.717) is 0 Å². The highest BCUT2D eigenvalue weighted by atomic mass is 19.4. The van der Waals surface area contributed by atoms with Gasteiger partial charge < -0.3 is 9.84 Å². The minimum absolute atomic E-state index is 0.0258. The van der Waals surface area contributed by atoms with Crippen molar-refractivity contribution < 1.29 is 27.8 Å². The summed E-state index contributed by atoms with van der Waals surface area (Å²) in [7, 11) is 1.29. The van der Waals surface area contributed by atoms with E-state index in [-0.39, 0.29) is 22.6 Å². The van der Waals surface area contributed by atoms with Crippen LogP contribution in [0.5, 0.6) is 5.75 Å². The van der Waals surface area contributed by atoms with Crippen LogP contribution in [-0.2, 0) is 6.18 Å². The van der Waals surface area contributed by atoms with Crippen LogP contribution in [-0.4, -0.2) is 23.2 Å². The molecule has 1 heterocycles. The fourth-order valence-corrected chi connectivity index (χ4v) is 1.89. The van der Waals surface area contributed by atoms with Crippen molar-refractivity contribution >= 4 is 5.97 Å². The zero-order chi connectivity index (χ0) is 15.6. The van der Waals surface area contributed by atoms with Gasteiger partial charge in [-0.15, -0.1) is 0 Å². The van der Waals surface area contributed by atoms with Crippen molar-refractivity contribution in [1.29, 1.82) is 0 Å². The van der Waals surface area contributed by atoms with Crippen LogP contribution >= 0.6 is 0 Å². The second-order valence-electron chi connectivity index (χ2n) is 4.12. The molecule has 0 aliphatic heterocycles. The molecule has 2 rings (SSSR count). The molecule has 0 saturated carbocycles. The molecular weight excluding hydrogens is 287 g/mol. The third-order valence-electron chi connectivity index (χ3n) is 2.83. The molecule has 0 fully saturated rings. The van der Waals surface area contributed by atoms with Gasteiger partial charge in [0, 0.05) is 17.3 Å². The minimum Gasteiger partial charge on any atom is -0.496 e. The van der Waals surface area contributed by atoms with E-state index in [1.54, 1.807) is 0 Å². The van der Waals surface area contributed by atoms with Gasteiger partial charge in [0.05, 0.1) is 12.7 Å². The number of methoxy groups -OCH3 is 1. The van der Waals surface area contributed by atoms with Gasteiger partial charge >= 0.3 is 12.1 Å². The van der Waals surface area contributed by atoms with E-state index in [0.717, 1.165) is 18.2 Å². The molecule has 0 bridgehead atoms. The van der Waals surface area contributed by atoms with Crippen molar-refractivity contribution in [3.05, 3.63) is 47.8 Å². The number of nitrogens with zero attached hydrogens (tertiary/aromatic N) is 1. The first-order chi connectivity index (χ1) is 9.84. The summed E-state index contributed by atoms with van der Waals surface area (Å²) >= 11 is 0. The Balaban J connectivity index is 2.70. The number of benzene rings is 1. The maximum atomic E-state index is 12.8. The lowest BCUT2D eigenvalue weighted by Gasteiger charge is -2.14. The molecule has 0 spiro atoms. The number of hydrogen-bond acceptors (Lipinski definition) is 3. The van der Waals surface area contributed by atoms with Crippen LogP contribution in [0.1, 0.15) is 16.1 Å². The van der Waals surface area contributed by atoms with E-state index in [1.807, 2.05) is 0 Å². The summed E-state index contributed by atoms with van der Waals surface area (Å²) < 4.78 is 43.4. The van der Waals surface area contributed by atoms with E-state index in [2.05, 4.69) is 4.98 Å². The van der Waals surface area contributed by atoms with E-state index in [4.69, 9.17) is 9.84 Å². The largest absolute Gasteiger partial charge is 0.496 e. The van der Waals surface area contributed by atoms with Crippen LogP contribution in [0.15, 0.2) is 36.5 Å². The summed E-state index contributed by atoms with van der Waals surface area (Å²) in [5, 5.41) is 9.09. The predicted octanol–water partition coefficient (Wildman–Crippen LogP) is 3.47. The maximum absolute atomic E-state index is 12.8. The summed E-state index contributed by atoms with van der Waals surface area (Å²) in [4.78, 5) is 14.8. The van der Waals surface area contributed by atoms with Crippen LogP contribution in [0.4, 0.5) is 13.2 Å². The Labute approximate surface area is 117 Å². The van der Waals surface area contributed by atoms with Gasteiger partial charge in [-0.05, 0) is 24.3 Å². The van der Waals surface area contributed by atoms with Crippen molar-refractivity contribution in [1.82, 2.24) is 4.98 Å². The molecular formula is C14H10F3NO3. The quantitative estimate of drug-likeness (QED) is 0.942. The van der Waals surface area contributed by atoms with E-state index < -0.39 is 17.7 Å². The van der Waals surface area contributed by atoms with Gasteiger partial charge in [-0.2, -0.15) is 13.2 Å². The highest BCUT2D eigenvalue weighted by Crippen LogP contribution is 2.37. The average Bonchev–Trinajstić information content (AvgIpc) is 2.45. The molecule has 21 heavy (non-hydrogen) atoms. The van der Waals surface area contributed by atoms with Crippen molar-refractivity contribution in [2.75, 3.05) is 7.11 Å². The monoisotopic (exact) mass is 297 g/mol. The summed E-state index contributed by atoms with van der Waals surface area (Å²) in [6.45, 7) is 0. The fraction of sp³-hybridized carbons (Fsp3) is 0.143. The zero-order valence-electron chi connectivity index (χ0n) is 10.8. The number of pyridine rings is 1. The standard InChI is InChI=1S/C14H10F3NO3/c1-21-11-5-4-8(14(15,16)17)7-10(11)9-3-2-6-18-12(9)13(19)20/h2-7H,1H3,(H,19,20). The highest BCUT2D eigenvalue weighted by molar-refractivity contribution is 5.94. The number of hydrogen-bond donors (Lipinski definition) is 1. The first-order valence-corrected chi connectivity index (χ1v) is 5.78. The van der Waals surface area contributed by atoms with Gasteiger partial charge in [-0.1, -0.05) is 6.07 Å². The van der Waals surface area contributed by atoms with Gasteiger partial charge in [0.15, 0.2) is 5.69 Å². The van der Waals surface area contributed by atoms with Crippen molar-refractivity contribution in [2.24, 2.45) is 0 Å². The minimum atomic E-state index is -4.54. The van der Waals surface area contributed by atoms with Crippen molar-refractivity contribution in [2.45, 2.75) is 6.18 Å². The second kappa shape index (κ2) is 5.43. The molecule has 7 heteroatoms. The average molecular weight is 297 g/mol. The molecule has 0 amide bonds. The van der Waals surface area contributed by atoms with Crippen LogP contribution in [0.25, 0.3) is 11.1 Å². The van der Waals surface area contributed by atoms with Gasteiger partial charge in [-0.3, -0.25) is 0 Å². The second-order valence-corrected chi connectivity index (χ2v) is 4.12. The Morgan fingerprint density at radius 3 is 2.52 bits per heavy atom. The van der Waals surface area contributed by atoms with E-state index >= 15 is 0 Å². The number of carbonyl (C=O) groups is 1. The van der Waals surface area contributed by atoms with Gasteiger partial charge in [0.2, 0.25) is 0 Å². The van der Waals surface area contributed by atoms with Crippen LogP contribution in [0.2, 0.25) is 0 Å². The first-order valence-electron chi connectivity index (χ1n) is 5.78. The van der Waals surface area contributed by atoms with Crippen molar-refractivity contribution in [3.63, 3.8) is 0 Å². The Bertz CT molecular complexity index is 683. The van der Waals surface area contributed by atoms with Gasteiger partial charge in [0.25, 0.3) is 0 Å². The van der Waals surface area contributed by atoms with Crippen molar-refractivity contribution in [3.8, 4) is 16.9 Å². The van der Waals surface area contributed by atoms with E-state index in [9.17, 15) is 18.0 Å². The smallest absolute Gasteiger partial charge is 0.416 e. The number of aromatic nitrogens is 1. The molecule has 0 aliphatic carbocycles. The van der Waals surface area contributed by atoms with Gasteiger partial charge in [-0.25, -0.2) is 9.78 Å². The Morgan fingerprint density at radius 1 is 1.24 bits per heavy atom. The lowest BCUT2D eigenvalue weighted by Crippen LogP contribution is -2.07. The molecule has 0 saturated heterocycles. The van der Waals surface area contributed by atoms with Crippen LogP contribution in [0.3, 0.4) is 0 Å². The normalized spacial score (nSPS) is 11.2. The number of alkyl halides is 3. The fourth-order valence-electron chi connectivity index (χ4n) is 1.89. The highest BCUT2D eigenvalue weighted by Gasteiger charge is 2.31. The summed E-state index contributed by atoms with van der Waals surface area (Å²) in [5.74, 6) is -1.19. The predicted molar refractivity (Wildman–Crippen MR) is 68.2 cm³/mol. The molecule has 4 nitrogen and oxygen atoms in total. The summed E-state index contributed by atoms with van der Waals surface area (Å²) in [6, 6.07) is 5.70. The molecule has 0 atom stereocenters. The Morgan fingerprint density at radius 2 is 1.95 bits per heavy atom. The van der Waals surface area contributed by atoms with Crippen LogP contribution in [0, 0.1) is 0 Å². The SMILES string of the molecule is COc1ccc(C(F)(F)F)cc1-c1cccnc1C(=O)O. The van der Waals surface area contributed by atoms with Gasteiger partial charge in [0.1, 0.15) is 5.75 Å². The Kier molecular flexibility index (Phi) is 3.84. The maximum Gasteiger partial charge on any atom is 0.416 e. The first kappa shape index (κ1) is 14.8. The number of ether oxygens (including phenoxy) is 1. The molecule has 0 unspecified atom stereocenters.